The number of ether oxygens (including phenoxy) is 1. The molecule has 22 heavy (non-hydrogen) atoms. The summed E-state index contributed by atoms with van der Waals surface area (Å²) in [6, 6.07) is 3.49. The average molecular weight is 301 g/mol. The van der Waals surface area contributed by atoms with Gasteiger partial charge in [-0.3, -0.25) is 9.78 Å². The summed E-state index contributed by atoms with van der Waals surface area (Å²) in [4.78, 5) is 22.7. The lowest BCUT2D eigenvalue weighted by molar-refractivity contribution is -0.137. The van der Waals surface area contributed by atoms with E-state index in [9.17, 15) is 4.79 Å². The van der Waals surface area contributed by atoms with Crippen LogP contribution in [0.25, 0.3) is 0 Å². The van der Waals surface area contributed by atoms with Crippen LogP contribution in [0.15, 0.2) is 36.9 Å². The lowest BCUT2D eigenvalue weighted by Gasteiger charge is -2.35. The number of hydrogen-bond donors (Lipinski definition) is 1. The Balaban J connectivity index is 1.68. The molecule has 2 aromatic heterocycles. The Morgan fingerprint density at radius 2 is 2.41 bits per heavy atom. The number of piperazine rings is 1. The van der Waals surface area contributed by atoms with E-state index >= 15 is 0 Å². The number of nitrogens with one attached hydrogen (secondary N) is 1. The molecule has 0 bridgehead atoms. The maximum absolute atomic E-state index is 12.5. The fraction of sp³-hybridized carbons (Fsp3) is 0.400. The summed E-state index contributed by atoms with van der Waals surface area (Å²) in [6.07, 6.45) is 6.90. The second-order valence-electron chi connectivity index (χ2n) is 5.18. The summed E-state index contributed by atoms with van der Waals surface area (Å²) in [5.41, 5.74) is 0. The second-order valence-corrected chi connectivity index (χ2v) is 5.18. The van der Waals surface area contributed by atoms with Crippen molar-refractivity contribution in [3.05, 3.63) is 42.7 Å². The quantitative estimate of drug-likeness (QED) is 0.883. The minimum absolute atomic E-state index is 0.00656. The summed E-state index contributed by atoms with van der Waals surface area (Å²) in [7, 11) is 1.94. The number of aryl methyl sites for hydroxylation is 1. The molecular weight excluding hydrogens is 282 g/mol. The van der Waals surface area contributed by atoms with Crippen molar-refractivity contribution < 1.29 is 9.53 Å². The Morgan fingerprint density at radius 3 is 3.14 bits per heavy atom. The fourth-order valence-electron chi connectivity index (χ4n) is 2.59. The highest BCUT2D eigenvalue weighted by Gasteiger charge is 2.30. The lowest BCUT2D eigenvalue weighted by Crippen LogP contribution is -2.50. The molecule has 1 aliphatic heterocycles. The molecule has 2 aromatic rings. The Bertz CT molecular complexity index is 628. The molecule has 0 spiro atoms. The minimum atomic E-state index is -0.0706. The zero-order valence-electron chi connectivity index (χ0n) is 12.5. The van der Waals surface area contributed by atoms with Crippen molar-refractivity contribution in [2.45, 2.75) is 6.04 Å². The van der Waals surface area contributed by atoms with E-state index in [4.69, 9.17) is 4.74 Å². The molecule has 1 fully saturated rings. The molecule has 0 aromatic carbocycles. The number of hydrogen-bond acceptors (Lipinski definition) is 5. The van der Waals surface area contributed by atoms with Crippen molar-refractivity contribution in [1.29, 1.82) is 0 Å². The van der Waals surface area contributed by atoms with Crippen LogP contribution in [0, 0.1) is 0 Å². The first-order chi connectivity index (χ1) is 10.8. The Kier molecular flexibility index (Phi) is 4.34. The maximum atomic E-state index is 12.5. The van der Waals surface area contributed by atoms with E-state index in [0.717, 1.165) is 12.4 Å². The molecule has 7 heteroatoms. The molecule has 1 N–H and O–H groups in total. The van der Waals surface area contributed by atoms with Gasteiger partial charge in [-0.1, -0.05) is 0 Å². The topological polar surface area (TPSA) is 72.3 Å². The van der Waals surface area contributed by atoms with Gasteiger partial charge in [0.15, 0.2) is 6.61 Å². The van der Waals surface area contributed by atoms with E-state index in [1.165, 1.54) is 0 Å². The van der Waals surface area contributed by atoms with Crippen LogP contribution in [0.1, 0.15) is 11.9 Å². The van der Waals surface area contributed by atoms with Crippen LogP contribution in [0.4, 0.5) is 0 Å². The molecule has 1 saturated heterocycles. The van der Waals surface area contributed by atoms with Crippen molar-refractivity contribution in [3.63, 3.8) is 0 Å². The van der Waals surface area contributed by atoms with E-state index < -0.39 is 0 Å². The highest BCUT2D eigenvalue weighted by Crippen LogP contribution is 2.20. The first-order valence-corrected chi connectivity index (χ1v) is 7.26. The van der Waals surface area contributed by atoms with Gasteiger partial charge in [0.1, 0.15) is 17.6 Å². The SMILES string of the molecule is Cn1ccnc1C1CNCCN1C(=O)COc1cccnc1. The Morgan fingerprint density at radius 1 is 1.50 bits per heavy atom. The zero-order valence-corrected chi connectivity index (χ0v) is 12.5. The van der Waals surface area contributed by atoms with Crippen molar-refractivity contribution in [3.8, 4) is 5.75 Å². The van der Waals surface area contributed by atoms with E-state index in [0.29, 0.717) is 18.8 Å². The van der Waals surface area contributed by atoms with Gasteiger partial charge in [-0.2, -0.15) is 0 Å². The van der Waals surface area contributed by atoms with Crippen LogP contribution in [-0.4, -0.2) is 51.6 Å². The number of nitrogens with zero attached hydrogens (tertiary/aromatic N) is 4. The Hall–Kier alpha value is -2.41. The number of pyridine rings is 1. The lowest BCUT2D eigenvalue weighted by atomic mass is 10.1. The van der Waals surface area contributed by atoms with Crippen LogP contribution in [0.2, 0.25) is 0 Å². The number of imidazole rings is 1. The third-order valence-electron chi connectivity index (χ3n) is 3.72. The van der Waals surface area contributed by atoms with Crippen LogP contribution >= 0.6 is 0 Å². The van der Waals surface area contributed by atoms with Gasteiger partial charge < -0.3 is 19.5 Å². The average Bonchev–Trinajstić information content (AvgIpc) is 2.99. The van der Waals surface area contributed by atoms with Gasteiger partial charge in [0.25, 0.3) is 5.91 Å². The smallest absolute Gasteiger partial charge is 0.261 e. The first-order valence-electron chi connectivity index (χ1n) is 7.26. The van der Waals surface area contributed by atoms with Crippen molar-refractivity contribution in [1.82, 2.24) is 24.8 Å². The number of aromatic nitrogens is 3. The van der Waals surface area contributed by atoms with Gasteiger partial charge in [0.05, 0.1) is 6.20 Å². The molecule has 0 saturated carbocycles. The summed E-state index contributed by atoms with van der Waals surface area (Å²) in [5, 5.41) is 3.31. The summed E-state index contributed by atoms with van der Waals surface area (Å²) < 4.78 is 7.46. The molecule has 3 rings (SSSR count). The molecular formula is C15H19N5O2. The number of carbonyl (C=O) groups is 1. The van der Waals surface area contributed by atoms with Crippen molar-refractivity contribution >= 4 is 5.91 Å². The predicted octanol–water partition coefficient (Wildman–Crippen LogP) is 0.367. The van der Waals surface area contributed by atoms with Crippen molar-refractivity contribution in [2.75, 3.05) is 26.2 Å². The molecule has 1 atom stereocenters. The van der Waals surface area contributed by atoms with E-state index in [1.54, 1.807) is 30.7 Å². The molecule has 3 heterocycles. The van der Waals surface area contributed by atoms with Gasteiger partial charge in [-0.25, -0.2) is 4.98 Å². The van der Waals surface area contributed by atoms with Crippen LogP contribution < -0.4 is 10.1 Å². The highest BCUT2D eigenvalue weighted by atomic mass is 16.5. The molecule has 1 aliphatic rings. The number of amides is 1. The van der Waals surface area contributed by atoms with Gasteiger partial charge in [0.2, 0.25) is 0 Å². The molecule has 116 valence electrons. The third-order valence-corrected chi connectivity index (χ3v) is 3.72. The third kappa shape index (κ3) is 3.09. The van der Waals surface area contributed by atoms with Gasteiger partial charge in [-0.05, 0) is 12.1 Å². The largest absolute Gasteiger partial charge is 0.482 e. The van der Waals surface area contributed by atoms with E-state index in [1.807, 2.05) is 22.7 Å². The monoisotopic (exact) mass is 301 g/mol. The summed E-state index contributed by atoms with van der Waals surface area (Å²) >= 11 is 0. The standard InChI is InChI=1S/C15H19N5O2/c1-19-7-6-18-15(19)13-10-17-5-8-20(13)14(21)11-22-12-3-2-4-16-9-12/h2-4,6-7,9,13,17H,5,8,10-11H2,1H3. The zero-order chi connectivity index (χ0) is 15.4. The Labute approximate surface area is 128 Å². The molecule has 0 radical (unpaired) electrons. The summed E-state index contributed by atoms with van der Waals surface area (Å²) in [6.45, 7) is 2.13. The molecule has 1 amide bonds. The predicted molar refractivity (Wildman–Crippen MR) is 80.3 cm³/mol. The maximum Gasteiger partial charge on any atom is 0.261 e. The van der Waals surface area contributed by atoms with Crippen molar-refractivity contribution in [2.24, 2.45) is 7.05 Å². The normalized spacial score (nSPS) is 18.2. The van der Waals surface area contributed by atoms with Gasteiger partial charge in [-0.15, -0.1) is 0 Å². The van der Waals surface area contributed by atoms with E-state index in [2.05, 4.69) is 15.3 Å². The van der Waals surface area contributed by atoms with Crippen LogP contribution in [0.3, 0.4) is 0 Å². The second kappa shape index (κ2) is 6.57. The molecule has 0 aliphatic carbocycles. The van der Waals surface area contributed by atoms with Crippen LogP contribution in [-0.2, 0) is 11.8 Å². The molecule has 1 unspecified atom stereocenters. The minimum Gasteiger partial charge on any atom is -0.482 e. The van der Waals surface area contributed by atoms with Gasteiger partial charge in [0, 0.05) is 45.3 Å². The summed E-state index contributed by atoms with van der Waals surface area (Å²) in [5.74, 6) is 1.43. The van der Waals surface area contributed by atoms with Crippen LogP contribution in [0.5, 0.6) is 5.75 Å². The first kappa shape index (κ1) is 14.5. The highest BCUT2D eigenvalue weighted by molar-refractivity contribution is 5.78. The molecule has 7 nitrogen and oxygen atoms in total. The van der Waals surface area contributed by atoms with E-state index in [-0.39, 0.29) is 18.6 Å². The number of carbonyl (C=O) groups excluding carboxylic acids is 1. The van der Waals surface area contributed by atoms with Gasteiger partial charge >= 0.3 is 0 Å². The number of rotatable bonds is 4. The fourth-order valence-corrected chi connectivity index (χ4v) is 2.59.